The van der Waals surface area contributed by atoms with E-state index in [1.165, 1.54) is 24.3 Å². The predicted octanol–water partition coefficient (Wildman–Crippen LogP) is -2.09. The third-order valence-electron chi connectivity index (χ3n) is 5.48. The Kier molecular flexibility index (Phi) is 11.2. The summed E-state index contributed by atoms with van der Waals surface area (Å²) in [6.45, 7) is -0.848. The number of aromatic hydroxyl groups is 1. The maximum Gasteiger partial charge on any atom is 0.326 e. The molecule has 0 aliphatic carbocycles. The summed E-state index contributed by atoms with van der Waals surface area (Å²) in [6, 6.07) is 8.92. The summed E-state index contributed by atoms with van der Waals surface area (Å²) in [5.41, 5.74) is 12.4. The van der Waals surface area contributed by atoms with Crippen LogP contribution in [0.5, 0.6) is 5.75 Å². The van der Waals surface area contributed by atoms with Crippen molar-refractivity contribution in [2.24, 2.45) is 11.5 Å². The molecule has 0 aliphatic heterocycles. The topological polar surface area (TPSA) is 234 Å². The molecule has 4 amide bonds. The van der Waals surface area contributed by atoms with E-state index in [-0.39, 0.29) is 18.6 Å². The Labute approximate surface area is 218 Å². The Morgan fingerprint density at radius 1 is 0.737 bits per heavy atom. The van der Waals surface area contributed by atoms with Crippen LogP contribution in [-0.4, -0.2) is 75.7 Å². The molecule has 2 aromatic rings. The van der Waals surface area contributed by atoms with E-state index < -0.39 is 66.8 Å². The van der Waals surface area contributed by atoms with Gasteiger partial charge in [0.05, 0.1) is 19.1 Å². The lowest BCUT2D eigenvalue weighted by Gasteiger charge is -2.24. The van der Waals surface area contributed by atoms with Gasteiger partial charge in [-0.1, -0.05) is 42.5 Å². The number of hydrogen-bond acceptors (Lipinski definition) is 8. The molecule has 13 heteroatoms. The molecule has 204 valence electrons. The minimum Gasteiger partial charge on any atom is -0.508 e. The highest BCUT2D eigenvalue weighted by Crippen LogP contribution is 2.12. The average Bonchev–Trinajstić information content (AvgIpc) is 2.87. The zero-order valence-electron chi connectivity index (χ0n) is 20.4. The van der Waals surface area contributed by atoms with Gasteiger partial charge in [0.2, 0.25) is 23.6 Å². The fourth-order valence-corrected chi connectivity index (χ4v) is 3.46. The SMILES string of the molecule is NC(=O)CC(NC(=O)C(CO)NC(=O)C(N)Cc1ccccc1)C(=O)NC(Cc1ccc(O)cc1)C(=O)O. The molecule has 0 saturated carbocycles. The standard InChI is InChI=1S/C25H31N5O8/c26-17(10-14-4-2-1-3-5-14)22(34)30-20(13-31)24(36)28-18(12-21(27)33)23(35)29-19(25(37)38)11-15-6-8-16(32)9-7-15/h1-9,17-20,31-32H,10-13,26H2,(H2,27,33)(H,28,36)(H,29,35)(H,30,34)(H,37,38). The van der Waals surface area contributed by atoms with Gasteiger partial charge in [0.1, 0.15) is 23.9 Å². The van der Waals surface area contributed by atoms with Crippen molar-refractivity contribution >= 4 is 29.6 Å². The number of primary amides is 1. The molecule has 2 aromatic carbocycles. The molecule has 2 rings (SSSR count). The van der Waals surface area contributed by atoms with Crippen molar-refractivity contribution in [3.63, 3.8) is 0 Å². The van der Waals surface area contributed by atoms with E-state index in [4.69, 9.17) is 11.5 Å². The van der Waals surface area contributed by atoms with Crippen LogP contribution < -0.4 is 27.4 Å². The van der Waals surface area contributed by atoms with Crippen molar-refractivity contribution in [1.82, 2.24) is 16.0 Å². The van der Waals surface area contributed by atoms with E-state index in [0.29, 0.717) is 5.56 Å². The summed E-state index contributed by atoms with van der Waals surface area (Å²) in [5, 5.41) is 35.3. The minimum atomic E-state index is -1.59. The number of carboxylic acids is 1. The number of benzene rings is 2. The fraction of sp³-hybridized carbons (Fsp3) is 0.320. The van der Waals surface area contributed by atoms with Gasteiger partial charge < -0.3 is 42.7 Å². The third-order valence-corrected chi connectivity index (χ3v) is 5.48. The van der Waals surface area contributed by atoms with Crippen LogP contribution in [0.4, 0.5) is 0 Å². The third kappa shape index (κ3) is 9.52. The van der Waals surface area contributed by atoms with Crippen molar-refractivity contribution in [3.8, 4) is 5.75 Å². The summed E-state index contributed by atoms with van der Waals surface area (Å²) < 4.78 is 0. The van der Waals surface area contributed by atoms with Crippen LogP contribution in [0.25, 0.3) is 0 Å². The van der Waals surface area contributed by atoms with Crippen molar-refractivity contribution < 1.29 is 39.3 Å². The number of carbonyl (C=O) groups excluding carboxylic acids is 4. The molecule has 0 heterocycles. The first-order valence-electron chi connectivity index (χ1n) is 11.6. The number of nitrogens with two attached hydrogens (primary N) is 2. The van der Waals surface area contributed by atoms with E-state index in [0.717, 1.165) is 5.56 Å². The first-order chi connectivity index (χ1) is 18.0. The maximum atomic E-state index is 12.8. The number of amides is 4. The molecule has 4 atom stereocenters. The first-order valence-corrected chi connectivity index (χ1v) is 11.6. The van der Waals surface area contributed by atoms with E-state index in [1.54, 1.807) is 30.3 Å². The summed E-state index contributed by atoms with van der Waals surface area (Å²) in [4.78, 5) is 61.3. The lowest BCUT2D eigenvalue weighted by Crippen LogP contribution is -2.59. The van der Waals surface area contributed by atoms with Gasteiger partial charge in [0.15, 0.2) is 0 Å². The zero-order chi connectivity index (χ0) is 28.2. The number of carboxylic acid groups (broad SMARTS) is 1. The molecule has 10 N–H and O–H groups in total. The molecule has 38 heavy (non-hydrogen) atoms. The van der Waals surface area contributed by atoms with Crippen LogP contribution in [0.15, 0.2) is 54.6 Å². The highest BCUT2D eigenvalue weighted by molar-refractivity contribution is 5.96. The van der Waals surface area contributed by atoms with Gasteiger partial charge in [0.25, 0.3) is 0 Å². The van der Waals surface area contributed by atoms with Gasteiger partial charge in [-0.2, -0.15) is 0 Å². The van der Waals surface area contributed by atoms with Crippen molar-refractivity contribution in [1.29, 1.82) is 0 Å². The molecule has 13 nitrogen and oxygen atoms in total. The molecular weight excluding hydrogens is 498 g/mol. The molecule has 0 fully saturated rings. The van der Waals surface area contributed by atoms with Crippen LogP contribution >= 0.6 is 0 Å². The fourth-order valence-electron chi connectivity index (χ4n) is 3.46. The molecular formula is C25H31N5O8. The number of phenols is 1. The molecule has 0 aliphatic rings. The maximum absolute atomic E-state index is 12.8. The van der Waals surface area contributed by atoms with Crippen LogP contribution in [0.2, 0.25) is 0 Å². The van der Waals surface area contributed by atoms with E-state index >= 15 is 0 Å². The summed E-state index contributed by atoms with van der Waals surface area (Å²) in [7, 11) is 0. The Hall–Kier alpha value is -4.49. The lowest BCUT2D eigenvalue weighted by atomic mass is 10.0. The van der Waals surface area contributed by atoms with E-state index in [1.807, 2.05) is 0 Å². The van der Waals surface area contributed by atoms with Crippen LogP contribution in [0.3, 0.4) is 0 Å². The Morgan fingerprint density at radius 3 is 1.82 bits per heavy atom. The number of nitrogens with one attached hydrogen (secondary N) is 3. The zero-order valence-corrected chi connectivity index (χ0v) is 20.4. The molecule has 0 bridgehead atoms. The molecule has 0 spiro atoms. The van der Waals surface area contributed by atoms with Crippen molar-refractivity contribution in [2.75, 3.05) is 6.61 Å². The monoisotopic (exact) mass is 529 g/mol. The predicted molar refractivity (Wildman–Crippen MR) is 134 cm³/mol. The number of hydrogen-bond donors (Lipinski definition) is 8. The summed E-state index contributed by atoms with van der Waals surface area (Å²) in [6.07, 6.45) is -0.674. The quantitative estimate of drug-likeness (QED) is 0.134. The second kappa shape index (κ2) is 14.3. The first kappa shape index (κ1) is 29.7. The highest BCUT2D eigenvalue weighted by Gasteiger charge is 2.31. The Bertz CT molecular complexity index is 1130. The van der Waals surface area contributed by atoms with Gasteiger partial charge in [-0.25, -0.2) is 4.79 Å². The minimum absolute atomic E-state index is 0.0274. The smallest absolute Gasteiger partial charge is 0.326 e. The Balaban J connectivity index is 2.05. The summed E-state index contributed by atoms with van der Waals surface area (Å²) >= 11 is 0. The van der Waals surface area contributed by atoms with Gasteiger partial charge >= 0.3 is 5.97 Å². The second-order valence-electron chi connectivity index (χ2n) is 8.54. The van der Waals surface area contributed by atoms with Crippen molar-refractivity contribution in [3.05, 3.63) is 65.7 Å². The van der Waals surface area contributed by atoms with Gasteiger partial charge in [-0.15, -0.1) is 0 Å². The van der Waals surface area contributed by atoms with Gasteiger partial charge in [-0.05, 0) is 29.7 Å². The number of carbonyl (C=O) groups is 5. The molecule has 4 unspecified atom stereocenters. The number of aliphatic carboxylic acids is 1. The number of rotatable bonds is 14. The molecule has 0 radical (unpaired) electrons. The van der Waals surface area contributed by atoms with Gasteiger partial charge in [0, 0.05) is 6.42 Å². The highest BCUT2D eigenvalue weighted by atomic mass is 16.4. The van der Waals surface area contributed by atoms with E-state index in [2.05, 4.69) is 16.0 Å². The number of aliphatic hydroxyl groups excluding tert-OH is 1. The van der Waals surface area contributed by atoms with Crippen LogP contribution in [0.1, 0.15) is 17.5 Å². The largest absolute Gasteiger partial charge is 0.508 e. The van der Waals surface area contributed by atoms with Crippen molar-refractivity contribution in [2.45, 2.75) is 43.4 Å². The molecule has 0 aromatic heterocycles. The van der Waals surface area contributed by atoms with Gasteiger partial charge in [-0.3, -0.25) is 19.2 Å². The second-order valence-corrected chi connectivity index (χ2v) is 8.54. The lowest BCUT2D eigenvalue weighted by molar-refractivity contribution is -0.142. The van der Waals surface area contributed by atoms with E-state index in [9.17, 15) is 39.3 Å². The summed E-state index contributed by atoms with van der Waals surface area (Å²) in [5.74, 6) is -5.15. The Morgan fingerprint density at radius 2 is 1.26 bits per heavy atom. The van der Waals surface area contributed by atoms with Crippen LogP contribution in [-0.2, 0) is 36.8 Å². The average molecular weight is 530 g/mol. The normalized spacial score (nSPS) is 13.8. The van der Waals surface area contributed by atoms with Crippen LogP contribution in [0, 0.1) is 0 Å². The number of aliphatic hydroxyl groups is 1. The number of phenolic OH excluding ortho intramolecular Hbond substituents is 1. The molecule has 0 saturated heterocycles.